The van der Waals surface area contributed by atoms with E-state index in [1.165, 1.54) is 13.8 Å². The molecule has 2 N–H and O–H groups in total. The molecule has 0 amide bonds. The second-order valence-corrected chi connectivity index (χ2v) is 11.3. The third kappa shape index (κ3) is 8.66. The number of pyridine rings is 2. The van der Waals surface area contributed by atoms with Crippen LogP contribution in [0.2, 0.25) is 0 Å². The quantitative estimate of drug-likeness (QED) is 0.128. The second-order valence-electron chi connectivity index (χ2n) is 11.3. The number of carbonyl (C=O) groups is 4. The zero-order valence-corrected chi connectivity index (χ0v) is 30.5. The summed E-state index contributed by atoms with van der Waals surface area (Å²) in [5.41, 5.74) is 0.351. The summed E-state index contributed by atoms with van der Waals surface area (Å²) >= 11 is 0. The lowest BCUT2D eigenvalue weighted by Gasteiger charge is -2.16. The highest BCUT2D eigenvalue weighted by molar-refractivity contribution is 6.09. The van der Waals surface area contributed by atoms with Gasteiger partial charge >= 0.3 is 11.9 Å². The summed E-state index contributed by atoms with van der Waals surface area (Å²) in [6.07, 6.45) is 6.42. The number of carbonyl (C=O) groups excluding carboxylic acids is 4. The largest absolute Gasteiger partial charge is 0.461 e. The summed E-state index contributed by atoms with van der Waals surface area (Å²) in [6.45, 7) is 11.9. The number of ketones is 2. The van der Waals surface area contributed by atoms with Gasteiger partial charge in [0, 0.05) is 36.3 Å². The average molecular weight is 725 g/mol. The number of aryl methyl sites for hydroxylation is 3. The van der Waals surface area contributed by atoms with Gasteiger partial charge in [-0.05, 0) is 60.1 Å². The molecule has 0 bridgehead atoms. The van der Waals surface area contributed by atoms with E-state index in [0.717, 1.165) is 25.7 Å². The van der Waals surface area contributed by atoms with Crippen molar-refractivity contribution < 1.29 is 28.7 Å². The van der Waals surface area contributed by atoms with Crippen molar-refractivity contribution in [3.05, 3.63) is 104 Å². The summed E-state index contributed by atoms with van der Waals surface area (Å²) in [6, 6.07) is 9.27. The Labute approximate surface area is 304 Å². The van der Waals surface area contributed by atoms with Crippen molar-refractivity contribution in [2.45, 2.75) is 61.6 Å². The molecule has 16 heteroatoms. The Morgan fingerprint density at radius 3 is 1.64 bits per heavy atom. The average Bonchev–Trinajstić information content (AvgIpc) is 3.14. The SMILES string of the molecule is CCOC(=O)c1nn(CC)c(=O)c(Nc2cncc3ccccc23)c1C(C)=O.CCOC(=O)c1nn(CC)c(=O)c(Nc2cnccc2C)c1C(C)=O. The van der Waals surface area contributed by atoms with Crippen molar-refractivity contribution in [1.82, 2.24) is 29.5 Å². The number of hydrogen-bond donors (Lipinski definition) is 2. The molecule has 0 radical (unpaired) electrons. The van der Waals surface area contributed by atoms with Gasteiger partial charge in [0.1, 0.15) is 11.4 Å². The van der Waals surface area contributed by atoms with E-state index >= 15 is 0 Å². The normalized spacial score (nSPS) is 10.5. The highest BCUT2D eigenvalue weighted by Crippen LogP contribution is 2.27. The first-order valence-electron chi connectivity index (χ1n) is 16.8. The maximum atomic E-state index is 12.9. The molecule has 0 atom stereocenters. The van der Waals surface area contributed by atoms with Gasteiger partial charge < -0.3 is 20.1 Å². The predicted molar refractivity (Wildman–Crippen MR) is 198 cm³/mol. The van der Waals surface area contributed by atoms with E-state index in [1.54, 1.807) is 58.5 Å². The molecule has 0 unspecified atom stereocenters. The topological polar surface area (TPSA) is 206 Å². The Morgan fingerprint density at radius 1 is 0.679 bits per heavy atom. The van der Waals surface area contributed by atoms with Gasteiger partial charge in [-0.1, -0.05) is 24.3 Å². The molecule has 0 spiro atoms. The van der Waals surface area contributed by atoms with E-state index in [1.807, 2.05) is 31.2 Å². The fourth-order valence-electron chi connectivity index (χ4n) is 5.25. The predicted octanol–water partition coefficient (Wildman–Crippen LogP) is 5.02. The smallest absolute Gasteiger partial charge is 0.359 e. The van der Waals surface area contributed by atoms with Crippen LogP contribution in [0.1, 0.15) is 88.8 Å². The van der Waals surface area contributed by atoms with Gasteiger partial charge in [0.05, 0.1) is 48.1 Å². The van der Waals surface area contributed by atoms with Gasteiger partial charge in [0.25, 0.3) is 11.1 Å². The van der Waals surface area contributed by atoms with Crippen LogP contribution in [0.25, 0.3) is 10.8 Å². The molecule has 5 aromatic rings. The van der Waals surface area contributed by atoms with Crippen molar-refractivity contribution in [1.29, 1.82) is 0 Å². The third-order valence-electron chi connectivity index (χ3n) is 7.78. The Bertz CT molecular complexity index is 2310. The van der Waals surface area contributed by atoms with Crippen molar-refractivity contribution >= 4 is 57.0 Å². The van der Waals surface area contributed by atoms with Crippen LogP contribution in [-0.2, 0) is 22.6 Å². The maximum absolute atomic E-state index is 12.9. The molecular weight excluding hydrogens is 684 g/mol. The first-order valence-corrected chi connectivity index (χ1v) is 16.8. The number of hydrogen-bond acceptors (Lipinski definition) is 14. The molecular formula is C37H40N8O8. The highest BCUT2D eigenvalue weighted by Gasteiger charge is 2.28. The highest BCUT2D eigenvalue weighted by atomic mass is 16.5. The zero-order chi connectivity index (χ0) is 38.8. The van der Waals surface area contributed by atoms with E-state index in [2.05, 4.69) is 30.8 Å². The fourth-order valence-corrected chi connectivity index (χ4v) is 5.25. The molecule has 4 aromatic heterocycles. The van der Waals surface area contributed by atoms with Crippen molar-refractivity contribution in [3.63, 3.8) is 0 Å². The van der Waals surface area contributed by atoms with Gasteiger partial charge in [-0.25, -0.2) is 19.0 Å². The van der Waals surface area contributed by atoms with Crippen LogP contribution in [0.4, 0.5) is 22.7 Å². The summed E-state index contributed by atoms with van der Waals surface area (Å²) in [5, 5.41) is 15.7. The Morgan fingerprint density at radius 2 is 1.17 bits per heavy atom. The van der Waals surface area contributed by atoms with Crippen LogP contribution in [-0.4, -0.2) is 66.2 Å². The molecule has 53 heavy (non-hydrogen) atoms. The van der Waals surface area contributed by atoms with Gasteiger partial charge in [0.15, 0.2) is 23.0 Å². The second kappa shape index (κ2) is 17.6. The van der Waals surface area contributed by atoms with Crippen molar-refractivity contribution in [2.75, 3.05) is 23.8 Å². The summed E-state index contributed by atoms with van der Waals surface area (Å²) in [4.78, 5) is 82.9. The first-order chi connectivity index (χ1) is 25.4. The number of aromatic nitrogens is 6. The monoisotopic (exact) mass is 724 g/mol. The third-order valence-corrected chi connectivity index (χ3v) is 7.78. The van der Waals surface area contributed by atoms with E-state index < -0.39 is 34.6 Å². The van der Waals surface area contributed by atoms with E-state index in [-0.39, 0.29) is 60.2 Å². The van der Waals surface area contributed by atoms with E-state index in [0.29, 0.717) is 11.4 Å². The van der Waals surface area contributed by atoms with Gasteiger partial charge in [-0.2, -0.15) is 10.2 Å². The van der Waals surface area contributed by atoms with Crippen LogP contribution in [0.5, 0.6) is 0 Å². The lowest BCUT2D eigenvalue weighted by atomic mass is 10.1. The number of anilines is 4. The lowest BCUT2D eigenvalue weighted by Crippen LogP contribution is -2.31. The van der Waals surface area contributed by atoms with Crippen LogP contribution in [0, 0.1) is 6.92 Å². The van der Waals surface area contributed by atoms with E-state index in [4.69, 9.17) is 9.47 Å². The Kier molecular flexibility index (Phi) is 13.0. The summed E-state index contributed by atoms with van der Waals surface area (Å²) < 4.78 is 12.2. The van der Waals surface area contributed by atoms with Crippen molar-refractivity contribution in [2.24, 2.45) is 0 Å². The number of ether oxygens (including phenoxy) is 2. The standard InChI is InChI=1S/C20H20N4O4.C17H20N4O4/c1-4-24-19(26)17(16(12(3)25)18(23-24)20(27)28-5-2)22-15-11-21-10-13-8-6-7-9-14(13)15;1-5-21-16(23)14(19-12-9-18-8-7-10(12)3)13(11(4)22)15(20-21)17(24)25-6-2/h6-11,22H,4-5H2,1-3H3;7-9,19H,5-6H2,1-4H3. The van der Waals surface area contributed by atoms with Crippen LogP contribution < -0.4 is 21.8 Å². The molecule has 1 aromatic carbocycles. The lowest BCUT2D eigenvalue weighted by molar-refractivity contribution is 0.0504. The van der Waals surface area contributed by atoms with Gasteiger partial charge in [-0.15, -0.1) is 0 Å². The fraction of sp³-hybridized carbons (Fsp3) is 0.297. The minimum Gasteiger partial charge on any atom is -0.461 e. The molecule has 0 aliphatic heterocycles. The first kappa shape index (κ1) is 39.2. The molecule has 16 nitrogen and oxygen atoms in total. The number of Topliss-reactive ketones (excluding diaryl/α,β-unsaturated/α-hetero) is 2. The maximum Gasteiger partial charge on any atom is 0.359 e. The number of fused-ring (bicyclic) bond motifs is 1. The molecule has 4 heterocycles. The van der Waals surface area contributed by atoms with Gasteiger partial charge in [-0.3, -0.25) is 29.1 Å². The minimum absolute atomic E-state index is 0.0106. The van der Waals surface area contributed by atoms with Crippen LogP contribution in [0.15, 0.2) is 64.7 Å². The molecule has 0 fully saturated rings. The Hall–Kier alpha value is -6.58. The minimum atomic E-state index is -0.756. The van der Waals surface area contributed by atoms with Crippen LogP contribution in [0.3, 0.4) is 0 Å². The summed E-state index contributed by atoms with van der Waals surface area (Å²) in [7, 11) is 0. The molecule has 0 saturated carbocycles. The summed E-state index contributed by atoms with van der Waals surface area (Å²) in [5.74, 6) is -2.43. The molecule has 0 aliphatic rings. The Balaban J connectivity index is 0.000000238. The molecule has 5 rings (SSSR count). The van der Waals surface area contributed by atoms with E-state index in [9.17, 15) is 28.8 Å². The number of nitrogens with one attached hydrogen (secondary N) is 2. The number of benzene rings is 1. The molecule has 276 valence electrons. The van der Waals surface area contributed by atoms with Crippen LogP contribution >= 0.6 is 0 Å². The number of rotatable bonds is 12. The number of nitrogens with zero attached hydrogens (tertiary/aromatic N) is 6. The van der Waals surface area contributed by atoms with Crippen molar-refractivity contribution in [3.8, 4) is 0 Å². The molecule has 0 saturated heterocycles. The molecule has 0 aliphatic carbocycles. The van der Waals surface area contributed by atoms with Gasteiger partial charge in [0.2, 0.25) is 0 Å². The zero-order valence-electron chi connectivity index (χ0n) is 30.5. The number of esters is 2.